The van der Waals surface area contributed by atoms with Gasteiger partial charge in [-0.1, -0.05) is 81.2 Å². The number of carbonyl (C=O) groups excluding carboxylic acids is 1. The number of hydrogen-bond acceptors (Lipinski definition) is 8. The Balaban J connectivity index is 1.60. The molecule has 3 aromatic carbocycles. The highest BCUT2D eigenvalue weighted by Gasteiger charge is 2.51. The Morgan fingerprint density at radius 2 is 1.65 bits per heavy atom. The molecule has 4 aromatic rings. The van der Waals surface area contributed by atoms with Gasteiger partial charge in [-0.05, 0) is 42.1 Å². The fourth-order valence-electron chi connectivity index (χ4n) is 3.31. The number of aromatic nitrogens is 3. The van der Waals surface area contributed by atoms with Crippen molar-refractivity contribution in [3.8, 4) is 17.1 Å². The molecule has 0 amide bonds. The van der Waals surface area contributed by atoms with Gasteiger partial charge < -0.3 is 9.94 Å². The lowest BCUT2D eigenvalue weighted by molar-refractivity contribution is -0.140. The number of anilines is 1. The summed E-state index contributed by atoms with van der Waals surface area (Å²) in [5, 5.41) is 23.7. The summed E-state index contributed by atoms with van der Waals surface area (Å²) < 4.78 is 0.158. The van der Waals surface area contributed by atoms with Crippen molar-refractivity contribution in [2.75, 3.05) is 5.43 Å². The van der Waals surface area contributed by atoms with Crippen LogP contribution in [-0.4, -0.2) is 35.3 Å². The summed E-state index contributed by atoms with van der Waals surface area (Å²) in [4.78, 5) is 17.9. The smallest absolute Gasteiger partial charge is 0.368 e. The molecular formula is C23H15BrClN5O3S. The molecule has 0 spiro atoms. The zero-order valence-corrected chi connectivity index (χ0v) is 20.4. The molecule has 1 aliphatic heterocycles. The third-order valence-electron chi connectivity index (χ3n) is 4.94. The van der Waals surface area contributed by atoms with Crippen LogP contribution in [0.25, 0.3) is 11.4 Å². The minimum absolute atomic E-state index is 0.0368. The van der Waals surface area contributed by atoms with Gasteiger partial charge in [0.1, 0.15) is 11.5 Å². The molecule has 0 saturated carbocycles. The molecule has 34 heavy (non-hydrogen) atoms. The highest BCUT2D eigenvalue weighted by molar-refractivity contribution is 9.12. The van der Waals surface area contributed by atoms with Crippen molar-refractivity contribution in [2.45, 2.75) is 8.81 Å². The largest absolute Gasteiger partial charge is 0.507 e. The van der Waals surface area contributed by atoms with E-state index in [1.807, 2.05) is 30.3 Å². The number of alkyl halides is 1. The van der Waals surface area contributed by atoms with Crippen LogP contribution < -0.4 is 5.43 Å². The van der Waals surface area contributed by atoms with E-state index in [0.717, 1.165) is 17.4 Å². The molecule has 0 radical (unpaired) electrons. The van der Waals surface area contributed by atoms with Gasteiger partial charge in [0.15, 0.2) is 5.82 Å². The van der Waals surface area contributed by atoms with E-state index in [1.54, 1.807) is 53.2 Å². The Hall–Kier alpha value is -3.34. The van der Waals surface area contributed by atoms with Crippen LogP contribution in [0.2, 0.25) is 5.02 Å². The summed E-state index contributed by atoms with van der Waals surface area (Å²) in [6.07, 6.45) is 0. The number of nitrogens with zero attached hydrogens (tertiary/aromatic N) is 4. The van der Waals surface area contributed by atoms with Gasteiger partial charge in [0, 0.05) is 10.6 Å². The van der Waals surface area contributed by atoms with Crippen LogP contribution in [0.4, 0.5) is 5.69 Å². The van der Waals surface area contributed by atoms with Gasteiger partial charge in [-0.3, -0.25) is 5.43 Å². The lowest BCUT2D eigenvalue weighted by Gasteiger charge is -2.20. The highest BCUT2D eigenvalue weighted by Crippen LogP contribution is 2.46. The molecule has 0 fully saturated rings. The molecule has 0 aliphatic carbocycles. The van der Waals surface area contributed by atoms with Crippen molar-refractivity contribution in [3.63, 3.8) is 0 Å². The SMILES string of the molecule is O=C1ON=C(c2ccccc2Cl)C1(Br)Sc1nnc(-c2ccccc2O)n1Nc1ccccc1. The molecule has 1 aromatic heterocycles. The summed E-state index contributed by atoms with van der Waals surface area (Å²) >= 11 is 10.9. The summed E-state index contributed by atoms with van der Waals surface area (Å²) in [5.74, 6) is -0.247. The van der Waals surface area contributed by atoms with Gasteiger partial charge in [-0.15, -0.1) is 10.2 Å². The lowest BCUT2D eigenvalue weighted by atomic mass is 10.1. The quantitative estimate of drug-likeness (QED) is 0.245. The molecular weight excluding hydrogens is 542 g/mol. The third-order valence-corrected chi connectivity index (χ3v) is 7.54. The molecule has 0 bridgehead atoms. The second kappa shape index (κ2) is 9.13. The summed E-state index contributed by atoms with van der Waals surface area (Å²) in [6.45, 7) is 0. The van der Waals surface area contributed by atoms with Gasteiger partial charge in [-0.25, -0.2) is 9.47 Å². The number of phenolic OH excluding ortho intramolecular Hbond substituents is 1. The number of aromatic hydroxyl groups is 1. The van der Waals surface area contributed by atoms with Crippen molar-refractivity contribution in [1.29, 1.82) is 0 Å². The van der Waals surface area contributed by atoms with Crippen molar-refractivity contribution < 1.29 is 14.7 Å². The highest BCUT2D eigenvalue weighted by atomic mass is 79.9. The predicted molar refractivity (Wildman–Crippen MR) is 134 cm³/mol. The van der Waals surface area contributed by atoms with Crippen LogP contribution in [0.15, 0.2) is 89.2 Å². The van der Waals surface area contributed by atoms with Crippen LogP contribution in [0.1, 0.15) is 5.56 Å². The molecule has 1 atom stereocenters. The summed E-state index contributed by atoms with van der Waals surface area (Å²) in [6, 6.07) is 23.2. The van der Waals surface area contributed by atoms with E-state index in [4.69, 9.17) is 16.4 Å². The number of carbonyl (C=O) groups is 1. The van der Waals surface area contributed by atoms with Gasteiger partial charge in [0.2, 0.25) is 8.81 Å². The summed E-state index contributed by atoms with van der Waals surface area (Å²) in [5.41, 5.74) is 5.29. The monoisotopic (exact) mass is 555 g/mol. The molecule has 2 heterocycles. The van der Waals surface area contributed by atoms with Crippen molar-refractivity contribution in [2.24, 2.45) is 5.16 Å². The number of benzene rings is 3. The lowest BCUT2D eigenvalue weighted by Crippen LogP contribution is -2.34. The van der Waals surface area contributed by atoms with Crippen LogP contribution in [-0.2, 0) is 9.63 Å². The maximum Gasteiger partial charge on any atom is 0.368 e. The average Bonchev–Trinajstić information content (AvgIpc) is 3.35. The first-order chi connectivity index (χ1) is 16.5. The number of hydrogen-bond donors (Lipinski definition) is 2. The molecule has 1 unspecified atom stereocenters. The maximum atomic E-state index is 12.8. The topological polar surface area (TPSA) is 102 Å². The molecule has 11 heteroatoms. The molecule has 170 valence electrons. The Bertz CT molecular complexity index is 1410. The van der Waals surface area contributed by atoms with E-state index < -0.39 is 9.63 Å². The third kappa shape index (κ3) is 4.04. The number of phenols is 1. The van der Waals surface area contributed by atoms with Crippen molar-refractivity contribution in [3.05, 3.63) is 89.4 Å². The molecule has 1 aliphatic rings. The number of oxime groups is 1. The predicted octanol–water partition coefficient (Wildman–Crippen LogP) is 5.32. The Morgan fingerprint density at radius 3 is 2.38 bits per heavy atom. The van der Waals surface area contributed by atoms with Gasteiger partial charge in [0.05, 0.1) is 11.3 Å². The van der Waals surface area contributed by atoms with E-state index in [-0.39, 0.29) is 5.75 Å². The van der Waals surface area contributed by atoms with Crippen LogP contribution in [0.3, 0.4) is 0 Å². The van der Waals surface area contributed by atoms with Gasteiger partial charge in [0.25, 0.3) is 0 Å². The van der Waals surface area contributed by atoms with E-state index in [0.29, 0.717) is 32.8 Å². The number of thioether (sulfide) groups is 1. The van der Waals surface area contributed by atoms with E-state index in [9.17, 15) is 9.90 Å². The van der Waals surface area contributed by atoms with Crippen molar-refractivity contribution in [1.82, 2.24) is 14.9 Å². The molecule has 0 saturated heterocycles. The zero-order valence-electron chi connectivity index (χ0n) is 17.2. The van der Waals surface area contributed by atoms with Gasteiger partial charge >= 0.3 is 5.97 Å². The molecule has 8 nitrogen and oxygen atoms in total. The van der Waals surface area contributed by atoms with Crippen LogP contribution in [0.5, 0.6) is 5.75 Å². The van der Waals surface area contributed by atoms with Crippen molar-refractivity contribution >= 4 is 56.7 Å². The fraction of sp³-hybridized carbons (Fsp3) is 0.0435. The number of rotatable bonds is 6. The van der Waals surface area contributed by atoms with E-state index in [1.165, 1.54) is 0 Å². The Labute approximate surface area is 211 Å². The number of para-hydroxylation sites is 2. The first kappa shape index (κ1) is 22.5. The Kier molecular flexibility index (Phi) is 6.03. The summed E-state index contributed by atoms with van der Waals surface area (Å²) in [7, 11) is 0. The minimum atomic E-state index is -1.43. The number of nitrogens with one attached hydrogen (secondary N) is 1. The zero-order chi connectivity index (χ0) is 23.7. The van der Waals surface area contributed by atoms with Crippen LogP contribution >= 0.6 is 39.3 Å². The second-order valence-electron chi connectivity index (χ2n) is 7.13. The first-order valence-electron chi connectivity index (χ1n) is 9.96. The minimum Gasteiger partial charge on any atom is -0.507 e. The average molecular weight is 557 g/mol. The normalized spacial score (nSPS) is 17.4. The van der Waals surface area contributed by atoms with E-state index >= 15 is 0 Å². The standard InChI is InChI=1S/C23H15BrClN5O3S/c24-23(19(29-33-21(23)32)15-10-4-6-12-17(15)25)34-22-27-26-20(16-11-5-7-13-18(16)31)30(22)28-14-8-2-1-3-9-14/h1-13,28,31H. The molecule has 2 N–H and O–H groups in total. The Morgan fingerprint density at radius 1 is 0.971 bits per heavy atom. The fourth-order valence-corrected chi connectivity index (χ4v) is 5.25. The second-order valence-corrected chi connectivity index (χ2v) is 10.4. The van der Waals surface area contributed by atoms with Crippen LogP contribution in [0, 0.1) is 0 Å². The molecule has 5 rings (SSSR count). The first-order valence-corrected chi connectivity index (χ1v) is 11.9. The van der Waals surface area contributed by atoms with Gasteiger partial charge in [-0.2, -0.15) is 0 Å². The van der Waals surface area contributed by atoms with E-state index in [2.05, 4.69) is 36.7 Å². The maximum absolute atomic E-state index is 12.8. The number of halogens is 2.